The highest BCUT2D eigenvalue weighted by Gasteiger charge is 2.28. The molecule has 2 aromatic rings. The van der Waals surface area contributed by atoms with E-state index in [2.05, 4.69) is 36.5 Å². The van der Waals surface area contributed by atoms with E-state index in [0.29, 0.717) is 31.7 Å². The van der Waals surface area contributed by atoms with Gasteiger partial charge in [-0.1, -0.05) is 54.4 Å². The average molecular weight is 413 g/mol. The third-order valence-corrected chi connectivity index (χ3v) is 5.83. The summed E-state index contributed by atoms with van der Waals surface area (Å²) >= 11 is 1.67. The van der Waals surface area contributed by atoms with Crippen LogP contribution in [0, 0.1) is 13.8 Å². The van der Waals surface area contributed by atoms with Gasteiger partial charge < -0.3 is 10.2 Å². The Labute approximate surface area is 179 Å². The van der Waals surface area contributed by atoms with Crippen LogP contribution in [0.2, 0.25) is 0 Å². The molecule has 2 aromatic carbocycles. The standard InChI is InChI=1S/C24H32N2O2S/c1-5-22(24(28)25-6-2)26(17-20-11-7-18(3)8-12-20)23(27)15-16-29-21-13-9-19(4)10-14-21/h7-14,22H,5-6,15-17H2,1-4H3,(H,25,28). The number of carbonyl (C=O) groups is 2. The molecule has 156 valence electrons. The second kappa shape index (κ2) is 11.7. The second-order valence-electron chi connectivity index (χ2n) is 7.24. The van der Waals surface area contributed by atoms with Crippen molar-refractivity contribution < 1.29 is 9.59 Å². The van der Waals surface area contributed by atoms with Crippen molar-refractivity contribution in [3.63, 3.8) is 0 Å². The highest BCUT2D eigenvalue weighted by molar-refractivity contribution is 7.99. The van der Waals surface area contributed by atoms with Crippen molar-refractivity contribution in [2.24, 2.45) is 0 Å². The molecular weight excluding hydrogens is 380 g/mol. The van der Waals surface area contributed by atoms with Crippen LogP contribution >= 0.6 is 11.8 Å². The van der Waals surface area contributed by atoms with Crippen molar-refractivity contribution >= 4 is 23.6 Å². The van der Waals surface area contributed by atoms with Gasteiger partial charge in [0.1, 0.15) is 6.04 Å². The quantitative estimate of drug-likeness (QED) is 0.574. The largest absolute Gasteiger partial charge is 0.355 e. The molecule has 2 rings (SSSR count). The Morgan fingerprint density at radius 2 is 1.55 bits per heavy atom. The Morgan fingerprint density at radius 3 is 2.10 bits per heavy atom. The van der Waals surface area contributed by atoms with E-state index < -0.39 is 6.04 Å². The predicted molar refractivity (Wildman–Crippen MR) is 121 cm³/mol. The van der Waals surface area contributed by atoms with Gasteiger partial charge in [0.15, 0.2) is 0 Å². The number of rotatable bonds is 10. The van der Waals surface area contributed by atoms with Gasteiger partial charge in [0.25, 0.3) is 0 Å². The van der Waals surface area contributed by atoms with Gasteiger partial charge in [-0.15, -0.1) is 11.8 Å². The fourth-order valence-electron chi connectivity index (χ4n) is 3.14. The molecule has 2 amide bonds. The maximum Gasteiger partial charge on any atom is 0.242 e. The summed E-state index contributed by atoms with van der Waals surface area (Å²) in [4.78, 5) is 28.6. The van der Waals surface area contributed by atoms with Gasteiger partial charge >= 0.3 is 0 Å². The molecular formula is C24H32N2O2S. The van der Waals surface area contributed by atoms with Crippen molar-refractivity contribution in [1.29, 1.82) is 0 Å². The zero-order chi connectivity index (χ0) is 21.2. The van der Waals surface area contributed by atoms with Gasteiger partial charge in [-0.3, -0.25) is 9.59 Å². The van der Waals surface area contributed by atoms with Crippen LogP contribution in [0.15, 0.2) is 53.4 Å². The van der Waals surface area contributed by atoms with E-state index >= 15 is 0 Å². The number of thioether (sulfide) groups is 1. The smallest absolute Gasteiger partial charge is 0.242 e. The number of likely N-dealkylation sites (N-methyl/N-ethyl adjacent to an activating group) is 1. The summed E-state index contributed by atoms with van der Waals surface area (Å²) < 4.78 is 0. The first-order valence-electron chi connectivity index (χ1n) is 10.3. The van der Waals surface area contributed by atoms with Crippen LogP contribution in [0.25, 0.3) is 0 Å². The topological polar surface area (TPSA) is 49.4 Å². The molecule has 5 heteroatoms. The van der Waals surface area contributed by atoms with Crippen LogP contribution in [0.1, 0.15) is 43.4 Å². The molecule has 0 radical (unpaired) electrons. The fourth-order valence-corrected chi connectivity index (χ4v) is 3.98. The van der Waals surface area contributed by atoms with E-state index in [9.17, 15) is 9.59 Å². The maximum absolute atomic E-state index is 13.1. The number of carbonyl (C=O) groups excluding carboxylic acids is 2. The minimum Gasteiger partial charge on any atom is -0.355 e. The van der Waals surface area contributed by atoms with Gasteiger partial charge in [-0.25, -0.2) is 0 Å². The van der Waals surface area contributed by atoms with E-state index in [-0.39, 0.29) is 11.8 Å². The monoisotopic (exact) mass is 412 g/mol. The Balaban J connectivity index is 2.08. The zero-order valence-corrected chi connectivity index (χ0v) is 18.7. The lowest BCUT2D eigenvalue weighted by atomic mass is 10.1. The molecule has 0 aliphatic rings. The summed E-state index contributed by atoms with van der Waals surface area (Å²) in [5.74, 6) is 0.628. The first-order chi connectivity index (χ1) is 13.9. The van der Waals surface area contributed by atoms with Gasteiger partial charge in [-0.2, -0.15) is 0 Å². The average Bonchev–Trinajstić information content (AvgIpc) is 2.71. The molecule has 0 aliphatic carbocycles. The van der Waals surface area contributed by atoms with E-state index in [1.165, 1.54) is 11.1 Å². The van der Waals surface area contributed by atoms with E-state index in [0.717, 1.165) is 10.5 Å². The van der Waals surface area contributed by atoms with Crippen LogP contribution in [-0.4, -0.2) is 35.1 Å². The SMILES string of the molecule is CCNC(=O)C(CC)N(Cc1ccc(C)cc1)C(=O)CCSc1ccc(C)cc1. The molecule has 0 aromatic heterocycles. The van der Waals surface area contributed by atoms with Crippen molar-refractivity contribution in [2.75, 3.05) is 12.3 Å². The Morgan fingerprint density at radius 1 is 0.966 bits per heavy atom. The van der Waals surface area contributed by atoms with Crippen LogP contribution in [-0.2, 0) is 16.1 Å². The van der Waals surface area contributed by atoms with E-state index in [4.69, 9.17) is 0 Å². The second-order valence-corrected chi connectivity index (χ2v) is 8.41. The first kappa shape index (κ1) is 23.0. The number of nitrogens with zero attached hydrogens (tertiary/aromatic N) is 1. The summed E-state index contributed by atoms with van der Waals surface area (Å²) in [6.07, 6.45) is 0.995. The third kappa shape index (κ3) is 7.24. The molecule has 0 spiro atoms. The van der Waals surface area contributed by atoms with Gasteiger partial charge in [-0.05, 0) is 44.9 Å². The van der Waals surface area contributed by atoms with Crippen molar-refractivity contribution in [1.82, 2.24) is 10.2 Å². The Kier molecular flexibility index (Phi) is 9.26. The highest BCUT2D eigenvalue weighted by atomic mass is 32.2. The van der Waals surface area contributed by atoms with E-state index in [1.54, 1.807) is 16.7 Å². The van der Waals surface area contributed by atoms with Gasteiger partial charge in [0, 0.05) is 30.2 Å². The number of aryl methyl sites for hydroxylation is 2. The number of amides is 2. The molecule has 0 bridgehead atoms. The summed E-state index contributed by atoms with van der Waals surface area (Å²) in [6, 6.07) is 16.0. The number of nitrogens with one attached hydrogen (secondary N) is 1. The van der Waals surface area contributed by atoms with Crippen LogP contribution < -0.4 is 5.32 Å². The molecule has 1 N–H and O–H groups in total. The molecule has 0 heterocycles. The van der Waals surface area contributed by atoms with Crippen molar-refractivity contribution in [3.05, 3.63) is 65.2 Å². The predicted octanol–water partition coefficient (Wildman–Crippen LogP) is 4.73. The third-order valence-electron chi connectivity index (χ3n) is 4.82. The summed E-state index contributed by atoms with van der Waals surface area (Å²) in [7, 11) is 0. The van der Waals surface area contributed by atoms with Gasteiger partial charge in [0.05, 0.1) is 0 Å². The lowest BCUT2D eigenvalue weighted by molar-refractivity contribution is -0.141. The number of hydrogen-bond acceptors (Lipinski definition) is 3. The van der Waals surface area contributed by atoms with Crippen LogP contribution in [0.5, 0.6) is 0 Å². The highest BCUT2D eigenvalue weighted by Crippen LogP contribution is 2.21. The van der Waals surface area contributed by atoms with Crippen molar-refractivity contribution in [3.8, 4) is 0 Å². The Bertz CT molecular complexity index is 788. The summed E-state index contributed by atoms with van der Waals surface area (Å²) in [5, 5.41) is 2.88. The molecule has 0 aliphatic heterocycles. The van der Waals surface area contributed by atoms with Crippen LogP contribution in [0.3, 0.4) is 0 Å². The molecule has 1 atom stereocenters. The minimum atomic E-state index is -0.451. The lowest BCUT2D eigenvalue weighted by Crippen LogP contribution is -2.49. The number of hydrogen-bond donors (Lipinski definition) is 1. The lowest BCUT2D eigenvalue weighted by Gasteiger charge is -2.30. The van der Waals surface area contributed by atoms with E-state index in [1.807, 2.05) is 45.0 Å². The molecule has 0 fully saturated rings. The van der Waals surface area contributed by atoms with Crippen molar-refractivity contribution in [2.45, 2.75) is 58.0 Å². The minimum absolute atomic E-state index is 0.0169. The maximum atomic E-state index is 13.1. The molecule has 4 nitrogen and oxygen atoms in total. The van der Waals surface area contributed by atoms with Crippen LogP contribution in [0.4, 0.5) is 0 Å². The normalized spacial score (nSPS) is 11.7. The Hall–Kier alpha value is -2.27. The number of benzene rings is 2. The molecule has 1 unspecified atom stereocenters. The fraction of sp³-hybridized carbons (Fsp3) is 0.417. The summed E-state index contributed by atoms with van der Waals surface area (Å²) in [6.45, 7) is 8.96. The van der Waals surface area contributed by atoms with Gasteiger partial charge in [0.2, 0.25) is 11.8 Å². The molecule has 0 saturated heterocycles. The first-order valence-corrected chi connectivity index (χ1v) is 11.2. The zero-order valence-electron chi connectivity index (χ0n) is 17.9. The summed E-state index contributed by atoms with van der Waals surface area (Å²) in [5.41, 5.74) is 3.44. The molecule has 0 saturated carbocycles. The molecule has 29 heavy (non-hydrogen) atoms.